The van der Waals surface area contributed by atoms with Gasteiger partial charge in [0.25, 0.3) is 5.91 Å². The molecule has 0 aliphatic heterocycles. The minimum absolute atomic E-state index is 0.102. The van der Waals surface area contributed by atoms with Gasteiger partial charge in [-0.2, -0.15) is 0 Å². The molecule has 0 saturated heterocycles. The van der Waals surface area contributed by atoms with Crippen molar-refractivity contribution in [3.63, 3.8) is 0 Å². The maximum absolute atomic E-state index is 12.1. The second-order valence-corrected chi connectivity index (χ2v) is 6.71. The largest absolute Gasteiger partial charge is 0.493 e. The molecule has 28 heavy (non-hydrogen) atoms. The molecule has 0 aliphatic rings. The van der Waals surface area contributed by atoms with Gasteiger partial charge in [-0.1, -0.05) is 38.1 Å². The van der Waals surface area contributed by atoms with Crippen molar-refractivity contribution in [2.24, 2.45) is 0 Å². The zero-order valence-corrected chi connectivity index (χ0v) is 17.1. The highest BCUT2D eigenvalue weighted by Crippen LogP contribution is 2.29. The summed E-state index contributed by atoms with van der Waals surface area (Å²) in [4.78, 5) is 12.1. The van der Waals surface area contributed by atoms with E-state index in [1.165, 1.54) is 0 Å². The number of nitrogens with one attached hydrogen (secondary N) is 2. The molecule has 0 heterocycles. The molecule has 6 heteroatoms. The standard InChI is InChI=1S/C22H28N2O4/c1-14(2)18-11-15(3)7-9-19(18)28-13-22(25)24-23-16(4)17-8-10-20(26-5)21(12-17)27-6/h7-12,14,23H,4,13H2,1-3,5-6H3,(H,24,25). The van der Waals surface area contributed by atoms with Crippen LogP contribution in [0, 0.1) is 6.92 Å². The Kier molecular flexibility index (Phi) is 7.32. The summed E-state index contributed by atoms with van der Waals surface area (Å²) in [6, 6.07) is 11.3. The fraction of sp³-hybridized carbons (Fsp3) is 0.318. The maximum atomic E-state index is 12.1. The smallest absolute Gasteiger partial charge is 0.276 e. The van der Waals surface area contributed by atoms with Crippen LogP contribution in [0.4, 0.5) is 0 Å². The molecule has 0 fully saturated rings. The molecule has 0 bridgehead atoms. The number of ether oxygens (including phenoxy) is 3. The Bertz CT molecular complexity index is 846. The van der Waals surface area contributed by atoms with E-state index in [1.807, 2.05) is 25.1 Å². The van der Waals surface area contributed by atoms with E-state index >= 15 is 0 Å². The van der Waals surface area contributed by atoms with E-state index in [0.29, 0.717) is 23.1 Å². The fourth-order valence-electron chi connectivity index (χ4n) is 2.67. The van der Waals surface area contributed by atoms with Gasteiger partial charge in [0.2, 0.25) is 0 Å². The molecule has 0 radical (unpaired) electrons. The molecular formula is C22H28N2O4. The summed E-state index contributed by atoms with van der Waals surface area (Å²) < 4.78 is 16.2. The number of hydrogen-bond acceptors (Lipinski definition) is 5. The number of hydrogen-bond donors (Lipinski definition) is 2. The van der Waals surface area contributed by atoms with Crippen molar-refractivity contribution in [3.8, 4) is 17.2 Å². The van der Waals surface area contributed by atoms with Gasteiger partial charge in [0.15, 0.2) is 18.1 Å². The Morgan fingerprint density at radius 2 is 1.68 bits per heavy atom. The summed E-state index contributed by atoms with van der Waals surface area (Å²) in [5.74, 6) is 1.92. The van der Waals surface area contributed by atoms with Crippen LogP contribution in [-0.4, -0.2) is 26.7 Å². The molecule has 0 aliphatic carbocycles. The number of amides is 1. The van der Waals surface area contributed by atoms with E-state index < -0.39 is 0 Å². The highest BCUT2D eigenvalue weighted by atomic mass is 16.5. The lowest BCUT2D eigenvalue weighted by Gasteiger charge is -2.16. The van der Waals surface area contributed by atoms with Crippen molar-refractivity contribution in [2.75, 3.05) is 20.8 Å². The van der Waals surface area contributed by atoms with Gasteiger partial charge < -0.3 is 14.2 Å². The summed E-state index contributed by atoms with van der Waals surface area (Å²) in [6.45, 7) is 10.0. The van der Waals surface area contributed by atoms with Crippen LogP contribution >= 0.6 is 0 Å². The van der Waals surface area contributed by atoms with Crippen molar-refractivity contribution in [1.29, 1.82) is 0 Å². The van der Waals surface area contributed by atoms with Crippen LogP contribution in [0.15, 0.2) is 43.0 Å². The highest BCUT2D eigenvalue weighted by molar-refractivity contribution is 5.78. The molecule has 0 atom stereocenters. The first kappa shape index (κ1) is 21.2. The first-order valence-electron chi connectivity index (χ1n) is 9.05. The SMILES string of the molecule is C=C(NNC(=O)COc1ccc(C)cc1C(C)C)c1ccc(OC)c(OC)c1. The number of benzene rings is 2. The van der Waals surface area contributed by atoms with Gasteiger partial charge in [0, 0.05) is 5.56 Å². The number of aryl methyl sites for hydroxylation is 1. The second-order valence-electron chi connectivity index (χ2n) is 6.71. The average molecular weight is 384 g/mol. The van der Waals surface area contributed by atoms with E-state index in [0.717, 1.165) is 22.4 Å². The van der Waals surface area contributed by atoms with E-state index in [9.17, 15) is 4.79 Å². The van der Waals surface area contributed by atoms with Crippen molar-refractivity contribution >= 4 is 11.6 Å². The van der Waals surface area contributed by atoms with Gasteiger partial charge in [-0.05, 0) is 42.7 Å². The number of rotatable bonds is 9. The van der Waals surface area contributed by atoms with Crippen LogP contribution in [0.5, 0.6) is 17.2 Å². The Hall–Kier alpha value is -3.15. The third kappa shape index (κ3) is 5.42. The Morgan fingerprint density at radius 1 is 1.00 bits per heavy atom. The average Bonchev–Trinajstić information content (AvgIpc) is 2.70. The Labute approximate surface area is 166 Å². The number of carbonyl (C=O) groups excluding carboxylic acids is 1. The molecule has 2 N–H and O–H groups in total. The minimum Gasteiger partial charge on any atom is -0.493 e. The zero-order valence-electron chi connectivity index (χ0n) is 17.1. The van der Waals surface area contributed by atoms with Crippen molar-refractivity contribution < 1.29 is 19.0 Å². The minimum atomic E-state index is -0.308. The van der Waals surface area contributed by atoms with Crippen LogP contribution in [0.3, 0.4) is 0 Å². The van der Waals surface area contributed by atoms with Crippen LogP contribution in [0.1, 0.15) is 36.5 Å². The van der Waals surface area contributed by atoms with Crippen molar-refractivity contribution in [3.05, 3.63) is 59.7 Å². The predicted octanol–water partition coefficient (Wildman–Crippen LogP) is 3.81. The van der Waals surface area contributed by atoms with Gasteiger partial charge in [-0.3, -0.25) is 15.6 Å². The van der Waals surface area contributed by atoms with Crippen LogP contribution in [0.2, 0.25) is 0 Å². The lowest BCUT2D eigenvalue weighted by molar-refractivity contribution is -0.123. The summed E-state index contributed by atoms with van der Waals surface area (Å²) in [5, 5.41) is 0. The third-order valence-electron chi connectivity index (χ3n) is 4.23. The first-order valence-corrected chi connectivity index (χ1v) is 9.05. The van der Waals surface area contributed by atoms with Crippen molar-refractivity contribution in [1.82, 2.24) is 10.9 Å². The summed E-state index contributed by atoms with van der Waals surface area (Å²) in [7, 11) is 3.14. The Balaban J connectivity index is 1.92. The van der Waals surface area contributed by atoms with Gasteiger partial charge >= 0.3 is 0 Å². The lowest BCUT2D eigenvalue weighted by Crippen LogP contribution is -2.39. The molecule has 0 unspecified atom stereocenters. The molecule has 2 aromatic carbocycles. The van der Waals surface area contributed by atoms with Crippen LogP contribution in [-0.2, 0) is 4.79 Å². The van der Waals surface area contributed by atoms with Crippen molar-refractivity contribution in [2.45, 2.75) is 26.7 Å². The predicted molar refractivity (Wildman–Crippen MR) is 111 cm³/mol. The number of carbonyl (C=O) groups is 1. The Morgan fingerprint density at radius 3 is 2.32 bits per heavy atom. The fourth-order valence-corrected chi connectivity index (χ4v) is 2.67. The third-order valence-corrected chi connectivity index (χ3v) is 4.23. The van der Waals surface area contributed by atoms with Gasteiger partial charge in [0.05, 0.1) is 19.9 Å². The van der Waals surface area contributed by atoms with E-state index in [4.69, 9.17) is 14.2 Å². The highest BCUT2D eigenvalue weighted by Gasteiger charge is 2.11. The molecule has 2 aromatic rings. The molecule has 0 spiro atoms. The molecular weight excluding hydrogens is 356 g/mol. The van der Waals surface area contributed by atoms with Gasteiger partial charge in [-0.25, -0.2) is 0 Å². The first-order chi connectivity index (χ1) is 13.3. The van der Waals surface area contributed by atoms with Gasteiger partial charge in [0.1, 0.15) is 5.75 Å². The summed E-state index contributed by atoms with van der Waals surface area (Å²) in [6.07, 6.45) is 0. The zero-order chi connectivity index (χ0) is 20.7. The second kappa shape index (κ2) is 9.69. The molecule has 0 saturated carbocycles. The molecule has 6 nitrogen and oxygen atoms in total. The molecule has 150 valence electrons. The number of methoxy groups -OCH3 is 2. The van der Waals surface area contributed by atoms with E-state index in [1.54, 1.807) is 26.4 Å². The molecule has 0 aromatic heterocycles. The maximum Gasteiger partial charge on any atom is 0.276 e. The van der Waals surface area contributed by atoms with E-state index in [2.05, 4.69) is 37.3 Å². The van der Waals surface area contributed by atoms with Crippen LogP contribution < -0.4 is 25.1 Å². The lowest BCUT2D eigenvalue weighted by atomic mass is 10.00. The quantitative estimate of drug-likeness (QED) is 0.644. The number of hydrazine groups is 1. The monoisotopic (exact) mass is 384 g/mol. The van der Waals surface area contributed by atoms with Gasteiger partial charge in [-0.15, -0.1) is 0 Å². The normalized spacial score (nSPS) is 10.4. The molecule has 1 amide bonds. The van der Waals surface area contributed by atoms with Crippen LogP contribution in [0.25, 0.3) is 5.70 Å². The topological polar surface area (TPSA) is 68.8 Å². The molecule has 2 rings (SSSR count). The summed E-state index contributed by atoms with van der Waals surface area (Å²) in [5.41, 5.74) is 8.92. The van der Waals surface area contributed by atoms with E-state index in [-0.39, 0.29) is 12.5 Å². The summed E-state index contributed by atoms with van der Waals surface area (Å²) >= 11 is 0.